The summed E-state index contributed by atoms with van der Waals surface area (Å²) in [7, 11) is 1.57. The molecule has 0 radical (unpaired) electrons. The van der Waals surface area contributed by atoms with E-state index in [2.05, 4.69) is 10.3 Å². The van der Waals surface area contributed by atoms with Crippen molar-refractivity contribution in [3.63, 3.8) is 0 Å². The molecule has 0 aliphatic carbocycles. The van der Waals surface area contributed by atoms with Gasteiger partial charge >= 0.3 is 0 Å². The Balaban J connectivity index is 2.61. The van der Waals surface area contributed by atoms with Gasteiger partial charge in [-0.15, -0.1) is 0 Å². The number of carbonyl (C=O) groups excluding carboxylic acids is 1. The third kappa shape index (κ3) is 4.30. The molecule has 0 bridgehead atoms. The Bertz CT molecular complexity index is 398. The standard InChI is InChI=1S/C11H16ClN3O2/c1-7-5-10(12)14-6-9(7)15-11(16)8(13)3-4-17-2/h5-6,8H,3-4,13H2,1-2H3,(H,15,16). The normalized spacial score (nSPS) is 12.2. The third-order valence-electron chi connectivity index (χ3n) is 2.31. The highest BCUT2D eigenvalue weighted by Crippen LogP contribution is 2.16. The maximum Gasteiger partial charge on any atom is 0.241 e. The maximum absolute atomic E-state index is 11.7. The van der Waals surface area contributed by atoms with E-state index in [-0.39, 0.29) is 5.91 Å². The van der Waals surface area contributed by atoms with Crippen LogP contribution < -0.4 is 11.1 Å². The van der Waals surface area contributed by atoms with Crippen molar-refractivity contribution in [2.45, 2.75) is 19.4 Å². The molecule has 1 amide bonds. The number of aromatic nitrogens is 1. The number of nitrogens with zero attached hydrogens (tertiary/aromatic N) is 1. The van der Waals surface area contributed by atoms with E-state index in [0.717, 1.165) is 5.56 Å². The number of nitrogens with two attached hydrogens (primary N) is 1. The van der Waals surface area contributed by atoms with Crippen LogP contribution in [0.5, 0.6) is 0 Å². The van der Waals surface area contributed by atoms with Gasteiger partial charge in [0.1, 0.15) is 5.15 Å². The third-order valence-corrected chi connectivity index (χ3v) is 2.51. The van der Waals surface area contributed by atoms with Gasteiger partial charge in [0, 0.05) is 13.7 Å². The predicted molar refractivity (Wildman–Crippen MR) is 67.1 cm³/mol. The number of nitrogens with one attached hydrogen (secondary N) is 1. The topological polar surface area (TPSA) is 77.2 Å². The second kappa shape index (κ2) is 6.54. The lowest BCUT2D eigenvalue weighted by Gasteiger charge is -2.13. The molecular formula is C11H16ClN3O2. The first-order chi connectivity index (χ1) is 8.04. The van der Waals surface area contributed by atoms with E-state index >= 15 is 0 Å². The molecule has 1 rings (SSSR count). The molecule has 1 aromatic heterocycles. The Morgan fingerprint density at radius 2 is 2.41 bits per heavy atom. The van der Waals surface area contributed by atoms with Crippen LogP contribution in [0.25, 0.3) is 0 Å². The summed E-state index contributed by atoms with van der Waals surface area (Å²) in [5.41, 5.74) is 7.16. The lowest BCUT2D eigenvalue weighted by molar-refractivity contribution is -0.117. The molecule has 6 heteroatoms. The molecule has 0 saturated heterocycles. The SMILES string of the molecule is COCCC(N)C(=O)Nc1cnc(Cl)cc1C. The van der Waals surface area contributed by atoms with Crippen molar-refractivity contribution in [1.82, 2.24) is 4.98 Å². The summed E-state index contributed by atoms with van der Waals surface area (Å²) in [6.07, 6.45) is 1.99. The summed E-state index contributed by atoms with van der Waals surface area (Å²) < 4.78 is 4.86. The Morgan fingerprint density at radius 3 is 3.00 bits per heavy atom. The summed E-state index contributed by atoms with van der Waals surface area (Å²) in [5, 5.41) is 3.10. The number of methoxy groups -OCH3 is 1. The molecule has 1 aromatic rings. The van der Waals surface area contributed by atoms with Crippen molar-refractivity contribution in [2.75, 3.05) is 19.0 Å². The number of pyridine rings is 1. The Labute approximate surface area is 105 Å². The number of rotatable bonds is 5. The van der Waals surface area contributed by atoms with E-state index < -0.39 is 6.04 Å². The van der Waals surface area contributed by atoms with Crippen molar-refractivity contribution in [3.05, 3.63) is 23.0 Å². The van der Waals surface area contributed by atoms with Crippen molar-refractivity contribution in [3.8, 4) is 0 Å². The molecule has 94 valence electrons. The van der Waals surface area contributed by atoms with Crippen LogP contribution in [0.2, 0.25) is 5.15 Å². The van der Waals surface area contributed by atoms with Gasteiger partial charge in [-0.05, 0) is 25.0 Å². The van der Waals surface area contributed by atoms with E-state index in [1.165, 1.54) is 6.20 Å². The lowest BCUT2D eigenvalue weighted by atomic mass is 10.2. The molecule has 0 aromatic carbocycles. The van der Waals surface area contributed by atoms with Gasteiger partial charge in [-0.3, -0.25) is 4.79 Å². The molecule has 0 saturated carbocycles. The Kier molecular flexibility index (Phi) is 5.34. The zero-order valence-electron chi connectivity index (χ0n) is 9.87. The van der Waals surface area contributed by atoms with Crippen LogP contribution in [0, 0.1) is 6.92 Å². The molecule has 0 spiro atoms. The first kappa shape index (κ1) is 13.9. The van der Waals surface area contributed by atoms with Crippen LogP contribution in [0.3, 0.4) is 0 Å². The second-order valence-corrected chi connectivity index (χ2v) is 4.09. The minimum atomic E-state index is -0.593. The average molecular weight is 258 g/mol. The monoisotopic (exact) mass is 257 g/mol. The van der Waals surface area contributed by atoms with Crippen LogP contribution in [-0.4, -0.2) is 30.6 Å². The quantitative estimate of drug-likeness (QED) is 0.781. The maximum atomic E-state index is 11.7. The second-order valence-electron chi connectivity index (χ2n) is 3.70. The highest BCUT2D eigenvalue weighted by molar-refractivity contribution is 6.29. The summed E-state index contributed by atoms with van der Waals surface area (Å²) in [4.78, 5) is 15.6. The van der Waals surface area contributed by atoms with Crippen LogP contribution in [0.1, 0.15) is 12.0 Å². The molecular weight excluding hydrogens is 242 g/mol. The van der Waals surface area contributed by atoms with Crippen LogP contribution in [0.4, 0.5) is 5.69 Å². The minimum absolute atomic E-state index is 0.255. The van der Waals surface area contributed by atoms with Gasteiger partial charge in [0.25, 0.3) is 0 Å². The van der Waals surface area contributed by atoms with Crippen molar-refractivity contribution in [2.24, 2.45) is 5.73 Å². The molecule has 17 heavy (non-hydrogen) atoms. The summed E-state index contributed by atoms with van der Waals surface area (Å²) in [6, 6.07) is 1.09. The average Bonchev–Trinajstić information content (AvgIpc) is 2.29. The number of hydrogen-bond acceptors (Lipinski definition) is 4. The van der Waals surface area contributed by atoms with Gasteiger partial charge in [-0.25, -0.2) is 4.98 Å². The Hall–Kier alpha value is -1.17. The van der Waals surface area contributed by atoms with Gasteiger partial charge in [-0.1, -0.05) is 11.6 Å². The fraction of sp³-hybridized carbons (Fsp3) is 0.455. The summed E-state index contributed by atoms with van der Waals surface area (Å²) in [6.45, 7) is 2.29. The van der Waals surface area contributed by atoms with Crippen LogP contribution >= 0.6 is 11.6 Å². The van der Waals surface area contributed by atoms with Gasteiger partial charge < -0.3 is 15.8 Å². The van der Waals surface area contributed by atoms with E-state index in [9.17, 15) is 4.79 Å². The van der Waals surface area contributed by atoms with Gasteiger partial charge in [0.05, 0.1) is 17.9 Å². The van der Waals surface area contributed by atoms with Crippen molar-refractivity contribution >= 4 is 23.2 Å². The fourth-order valence-corrected chi connectivity index (χ4v) is 1.47. The van der Waals surface area contributed by atoms with Crippen molar-refractivity contribution in [1.29, 1.82) is 0 Å². The molecule has 0 fully saturated rings. The van der Waals surface area contributed by atoms with Gasteiger partial charge in [0.15, 0.2) is 0 Å². The molecule has 0 aliphatic heterocycles. The smallest absolute Gasteiger partial charge is 0.241 e. The number of halogens is 1. The predicted octanol–water partition coefficient (Wildman–Crippen LogP) is 1.35. The molecule has 1 unspecified atom stereocenters. The number of anilines is 1. The van der Waals surface area contributed by atoms with E-state index in [1.807, 2.05) is 6.92 Å². The first-order valence-corrected chi connectivity index (χ1v) is 5.60. The summed E-state index contributed by atoms with van der Waals surface area (Å²) >= 11 is 5.72. The number of amides is 1. The number of carbonyl (C=O) groups is 1. The number of aryl methyl sites for hydroxylation is 1. The highest BCUT2D eigenvalue weighted by atomic mass is 35.5. The van der Waals surface area contributed by atoms with Crippen LogP contribution in [-0.2, 0) is 9.53 Å². The Morgan fingerprint density at radius 1 is 1.71 bits per heavy atom. The lowest BCUT2D eigenvalue weighted by Crippen LogP contribution is -2.36. The molecule has 5 nitrogen and oxygen atoms in total. The zero-order valence-corrected chi connectivity index (χ0v) is 10.6. The van der Waals surface area contributed by atoms with E-state index in [1.54, 1.807) is 13.2 Å². The number of ether oxygens (including phenoxy) is 1. The van der Waals surface area contributed by atoms with Gasteiger partial charge in [0.2, 0.25) is 5.91 Å². The number of hydrogen-bond donors (Lipinski definition) is 2. The highest BCUT2D eigenvalue weighted by Gasteiger charge is 2.14. The first-order valence-electron chi connectivity index (χ1n) is 5.22. The van der Waals surface area contributed by atoms with Gasteiger partial charge in [-0.2, -0.15) is 0 Å². The zero-order chi connectivity index (χ0) is 12.8. The molecule has 1 atom stereocenters. The van der Waals surface area contributed by atoms with E-state index in [0.29, 0.717) is 23.9 Å². The summed E-state index contributed by atoms with van der Waals surface area (Å²) in [5.74, 6) is -0.255. The molecule has 1 heterocycles. The van der Waals surface area contributed by atoms with Crippen molar-refractivity contribution < 1.29 is 9.53 Å². The van der Waals surface area contributed by atoms with E-state index in [4.69, 9.17) is 22.1 Å². The van der Waals surface area contributed by atoms with Crippen LogP contribution in [0.15, 0.2) is 12.3 Å². The molecule has 3 N–H and O–H groups in total. The minimum Gasteiger partial charge on any atom is -0.385 e. The fourth-order valence-electron chi connectivity index (χ4n) is 1.25. The largest absolute Gasteiger partial charge is 0.385 e. The molecule has 0 aliphatic rings.